The Morgan fingerprint density at radius 1 is 1.03 bits per heavy atom. The number of carbonyl (C=O) groups excluding carboxylic acids is 3. The second kappa shape index (κ2) is 10.3. The minimum atomic E-state index is -1.12. The van der Waals surface area contributed by atoms with Crippen LogP contribution in [0, 0.1) is 5.82 Å². The Labute approximate surface area is 206 Å². The zero-order valence-corrected chi connectivity index (χ0v) is 19.4. The van der Waals surface area contributed by atoms with E-state index >= 15 is 0 Å². The van der Waals surface area contributed by atoms with Gasteiger partial charge in [-0.3, -0.25) is 24.7 Å². The number of hydrazine groups is 1. The molecule has 1 aliphatic rings. The molecule has 1 saturated heterocycles. The van der Waals surface area contributed by atoms with Crippen molar-refractivity contribution in [1.29, 1.82) is 0 Å². The molecule has 3 aromatic carbocycles. The Hall–Kier alpha value is -4.31. The molecule has 1 heterocycles. The normalized spacial score (nSPS) is 15.2. The highest BCUT2D eigenvalue weighted by Crippen LogP contribution is 2.27. The van der Waals surface area contributed by atoms with E-state index in [0.29, 0.717) is 22.7 Å². The van der Waals surface area contributed by atoms with Crippen molar-refractivity contribution in [2.75, 3.05) is 17.3 Å². The predicted molar refractivity (Wildman–Crippen MR) is 132 cm³/mol. The van der Waals surface area contributed by atoms with Crippen LogP contribution in [-0.4, -0.2) is 41.0 Å². The number of benzene rings is 3. The molecule has 1 unspecified atom stereocenters. The molecule has 0 spiro atoms. The highest BCUT2D eigenvalue weighted by atomic mass is 32.1. The van der Waals surface area contributed by atoms with Crippen LogP contribution in [0.25, 0.3) is 0 Å². The van der Waals surface area contributed by atoms with Gasteiger partial charge in [0, 0.05) is 17.3 Å². The number of thiocarbonyl (C=S) groups is 1. The molecular weight excluding hydrogens is 471 g/mol. The Kier molecular flexibility index (Phi) is 7.02. The fraction of sp³-hybridized carbons (Fsp3) is 0.120. The molecule has 178 valence electrons. The molecule has 1 atom stereocenters. The molecule has 35 heavy (non-hydrogen) atoms. The predicted octanol–water partition coefficient (Wildman–Crippen LogP) is 3.51. The van der Waals surface area contributed by atoms with Crippen LogP contribution in [0.5, 0.6) is 5.75 Å². The first-order valence-electron chi connectivity index (χ1n) is 10.6. The number of anilines is 2. The summed E-state index contributed by atoms with van der Waals surface area (Å²) >= 11 is 5.49. The first-order chi connectivity index (χ1) is 16.9. The fourth-order valence-electron chi connectivity index (χ4n) is 3.58. The topological polar surface area (TPSA) is 91.0 Å². The van der Waals surface area contributed by atoms with Crippen molar-refractivity contribution >= 4 is 46.4 Å². The lowest BCUT2D eigenvalue weighted by atomic mass is 10.1. The van der Waals surface area contributed by atoms with Gasteiger partial charge < -0.3 is 10.1 Å². The van der Waals surface area contributed by atoms with Crippen molar-refractivity contribution in [1.82, 2.24) is 10.4 Å². The molecule has 0 bridgehead atoms. The number of halogens is 1. The first kappa shape index (κ1) is 23.8. The summed E-state index contributed by atoms with van der Waals surface area (Å²) in [5.74, 6) is -1.43. The van der Waals surface area contributed by atoms with Crippen molar-refractivity contribution in [3.05, 3.63) is 90.2 Å². The lowest BCUT2D eigenvalue weighted by molar-refractivity contribution is -0.124. The number of hydrogen-bond donors (Lipinski definition) is 2. The van der Waals surface area contributed by atoms with Crippen LogP contribution < -0.4 is 20.4 Å². The quantitative estimate of drug-likeness (QED) is 0.491. The second-order valence-corrected chi connectivity index (χ2v) is 7.97. The molecule has 0 radical (unpaired) electrons. The van der Waals surface area contributed by atoms with Gasteiger partial charge in [0.1, 0.15) is 17.6 Å². The number of carbonyl (C=O) groups is 3. The molecule has 3 aromatic rings. The van der Waals surface area contributed by atoms with Gasteiger partial charge in [0.25, 0.3) is 11.8 Å². The third-order valence-electron chi connectivity index (χ3n) is 5.29. The molecule has 1 fully saturated rings. The minimum Gasteiger partial charge on any atom is -0.497 e. The largest absolute Gasteiger partial charge is 0.497 e. The lowest BCUT2D eigenvalue weighted by Gasteiger charge is -2.24. The van der Waals surface area contributed by atoms with Crippen LogP contribution in [0.3, 0.4) is 0 Å². The van der Waals surface area contributed by atoms with Gasteiger partial charge in [-0.1, -0.05) is 24.3 Å². The van der Waals surface area contributed by atoms with E-state index in [-0.39, 0.29) is 11.5 Å². The molecule has 2 N–H and O–H groups in total. The van der Waals surface area contributed by atoms with Crippen molar-refractivity contribution in [2.45, 2.75) is 12.5 Å². The van der Waals surface area contributed by atoms with Crippen LogP contribution in [0.1, 0.15) is 16.8 Å². The SMILES string of the molecule is COc1cccc(NC(=O)CC2C(=O)N(c3ccc(F)cc3)C(=S)N2NC(=O)c2ccccc2)c1. The summed E-state index contributed by atoms with van der Waals surface area (Å²) < 4.78 is 18.6. The maximum absolute atomic E-state index is 13.4. The van der Waals surface area contributed by atoms with E-state index in [1.54, 1.807) is 54.6 Å². The fourth-order valence-corrected chi connectivity index (χ4v) is 3.95. The third-order valence-corrected chi connectivity index (χ3v) is 5.67. The Balaban J connectivity index is 1.59. The summed E-state index contributed by atoms with van der Waals surface area (Å²) in [6.45, 7) is 0. The van der Waals surface area contributed by atoms with Crippen LogP contribution in [0.4, 0.5) is 15.8 Å². The zero-order chi connectivity index (χ0) is 24.9. The number of methoxy groups -OCH3 is 1. The molecule has 1 aliphatic heterocycles. The van der Waals surface area contributed by atoms with Crippen molar-refractivity contribution < 1.29 is 23.5 Å². The van der Waals surface area contributed by atoms with Gasteiger partial charge in [-0.15, -0.1) is 0 Å². The summed E-state index contributed by atoms with van der Waals surface area (Å²) in [6, 6.07) is 19.2. The highest BCUT2D eigenvalue weighted by molar-refractivity contribution is 7.80. The smallest absolute Gasteiger partial charge is 0.269 e. The maximum atomic E-state index is 13.4. The molecule has 0 aromatic heterocycles. The minimum absolute atomic E-state index is 0.0370. The van der Waals surface area contributed by atoms with Crippen LogP contribution >= 0.6 is 12.2 Å². The van der Waals surface area contributed by atoms with Gasteiger partial charge in [-0.05, 0) is 60.7 Å². The molecule has 3 amide bonds. The summed E-state index contributed by atoms with van der Waals surface area (Å²) in [5.41, 5.74) is 3.79. The first-order valence-corrected chi connectivity index (χ1v) is 11.0. The van der Waals surface area contributed by atoms with Crippen molar-refractivity contribution in [2.24, 2.45) is 0 Å². The standard InChI is InChI=1S/C25H21FN4O4S/c1-34-20-9-5-8-18(14-20)27-22(31)15-21-24(33)29(19-12-10-17(26)11-13-19)25(35)30(21)28-23(32)16-6-3-2-4-7-16/h2-14,21H,15H2,1H3,(H,27,31)(H,28,32). The number of nitrogens with one attached hydrogen (secondary N) is 2. The maximum Gasteiger partial charge on any atom is 0.269 e. The van der Waals surface area contributed by atoms with Crippen molar-refractivity contribution in [3.8, 4) is 5.75 Å². The molecular formula is C25H21FN4O4S. The second-order valence-electron chi connectivity index (χ2n) is 7.61. The summed E-state index contributed by atoms with van der Waals surface area (Å²) in [7, 11) is 1.51. The number of amides is 3. The van der Waals surface area contributed by atoms with Gasteiger partial charge in [-0.2, -0.15) is 0 Å². The van der Waals surface area contributed by atoms with E-state index in [4.69, 9.17) is 17.0 Å². The number of hydrogen-bond acceptors (Lipinski definition) is 5. The summed E-state index contributed by atoms with van der Waals surface area (Å²) in [4.78, 5) is 40.2. The monoisotopic (exact) mass is 492 g/mol. The average Bonchev–Trinajstić information content (AvgIpc) is 3.09. The van der Waals surface area contributed by atoms with Gasteiger partial charge in [-0.25, -0.2) is 9.40 Å². The van der Waals surface area contributed by atoms with Gasteiger partial charge >= 0.3 is 0 Å². The van der Waals surface area contributed by atoms with E-state index in [1.807, 2.05) is 0 Å². The number of nitrogens with zero attached hydrogens (tertiary/aromatic N) is 2. The van der Waals surface area contributed by atoms with E-state index in [0.717, 1.165) is 0 Å². The molecule has 0 saturated carbocycles. The van der Waals surface area contributed by atoms with Gasteiger partial charge in [0.05, 0.1) is 19.2 Å². The number of ether oxygens (including phenoxy) is 1. The lowest BCUT2D eigenvalue weighted by Crippen LogP contribution is -2.49. The molecule has 0 aliphatic carbocycles. The van der Waals surface area contributed by atoms with Gasteiger partial charge in [0.15, 0.2) is 0 Å². The molecule has 10 heteroatoms. The van der Waals surface area contributed by atoms with Crippen LogP contribution in [0.2, 0.25) is 0 Å². The highest BCUT2D eigenvalue weighted by Gasteiger charge is 2.45. The van der Waals surface area contributed by atoms with E-state index in [2.05, 4.69) is 10.7 Å². The Bertz CT molecular complexity index is 1270. The van der Waals surface area contributed by atoms with E-state index < -0.39 is 29.6 Å². The van der Waals surface area contributed by atoms with Crippen LogP contribution in [-0.2, 0) is 9.59 Å². The average molecular weight is 493 g/mol. The zero-order valence-electron chi connectivity index (χ0n) is 18.6. The Morgan fingerprint density at radius 3 is 2.43 bits per heavy atom. The van der Waals surface area contributed by atoms with E-state index in [9.17, 15) is 18.8 Å². The molecule has 8 nitrogen and oxygen atoms in total. The van der Waals surface area contributed by atoms with E-state index in [1.165, 1.54) is 41.3 Å². The van der Waals surface area contributed by atoms with Gasteiger partial charge in [0.2, 0.25) is 11.0 Å². The summed E-state index contributed by atoms with van der Waals surface area (Å²) in [6.07, 6.45) is -0.303. The van der Waals surface area contributed by atoms with Crippen molar-refractivity contribution in [3.63, 3.8) is 0 Å². The van der Waals surface area contributed by atoms with Crippen LogP contribution in [0.15, 0.2) is 78.9 Å². The molecule has 4 rings (SSSR count). The number of rotatable bonds is 7. The Morgan fingerprint density at radius 2 is 1.74 bits per heavy atom. The third kappa shape index (κ3) is 5.28. The summed E-state index contributed by atoms with van der Waals surface area (Å²) in [5, 5.41) is 3.88.